The fraction of sp³-hybridized carbons (Fsp3) is 0.316. The summed E-state index contributed by atoms with van der Waals surface area (Å²) in [6.07, 6.45) is -4.15. The maximum atomic E-state index is 13.3. The number of likely N-dealkylation sites (tertiary alicyclic amines) is 1. The Morgan fingerprint density at radius 3 is 2.73 bits per heavy atom. The zero-order valence-electron chi connectivity index (χ0n) is 15.2. The van der Waals surface area contributed by atoms with Crippen LogP contribution in [-0.2, 0) is 17.5 Å². The number of amides is 1. The number of hydrogen-bond acceptors (Lipinski definition) is 4. The molecular formula is C19H14ClF4N3O2S. The third kappa shape index (κ3) is 3.81. The van der Waals surface area contributed by atoms with Crippen molar-refractivity contribution in [3.63, 3.8) is 0 Å². The molecular weight excluding hydrogens is 446 g/mol. The van der Waals surface area contributed by atoms with Gasteiger partial charge >= 0.3 is 6.18 Å². The molecule has 0 N–H and O–H groups in total. The summed E-state index contributed by atoms with van der Waals surface area (Å²) in [6, 6.07) is 3.25. The molecule has 30 heavy (non-hydrogen) atoms. The summed E-state index contributed by atoms with van der Waals surface area (Å²) in [5.41, 5.74) is -0.751. The van der Waals surface area contributed by atoms with Gasteiger partial charge in [-0.25, -0.2) is 9.37 Å². The molecule has 1 aliphatic rings. The van der Waals surface area contributed by atoms with Gasteiger partial charge in [0.2, 0.25) is 5.91 Å². The zero-order valence-corrected chi connectivity index (χ0v) is 16.8. The van der Waals surface area contributed by atoms with Gasteiger partial charge in [-0.3, -0.25) is 14.2 Å². The second-order valence-electron chi connectivity index (χ2n) is 6.93. The normalized spacial score (nSPS) is 17.1. The van der Waals surface area contributed by atoms with E-state index in [4.69, 9.17) is 11.6 Å². The summed E-state index contributed by atoms with van der Waals surface area (Å²) < 4.78 is 53.3. The number of alkyl halides is 4. The molecule has 158 valence electrons. The highest BCUT2D eigenvalue weighted by molar-refractivity contribution is 7.17. The fourth-order valence-corrected chi connectivity index (χ4v) is 4.59. The molecule has 3 heterocycles. The Kier molecular flexibility index (Phi) is 5.31. The molecule has 0 radical (unpaired) electrons. The van der Waals surface area contributed by atoms with Crippen molar-refractivity contribution in [2.24, 2.45) is 0 Å². The lowest BCUT2D eigenvalue weighted by Crippen LogP contribution is -2.35. The van der Waals surface area contributed by atoms with Crippen LogP contribution in [0.25, 0.3) is 21.3 Å². The predicted molar refractivity (Wildman–Crippen MR) is 105 cm³/mol. The molecule has 11 heteroatoms. The maximum Gasteiger partial charge on any atom is 0.417 e. The van der Waals surface area contributed by atoms with Gasteiger partial charge in [-0.1, -0.05) is 17.7 Å². The van der Waals surface area contributed by atoms with Gasteiger partial charge in [-0.2, -0.15) is 13.2 Å². The van der Waals surface area contributed by atoms with E-state index in [2.05, 4.69) is 4.98 Å². The predicted octanol–water partition coefficient (Wildman–Crippen LogP) is 4.37. The highest BCUT2D eigenvalue weighted by Gasteiger charge is 2.33. The van der Waals surface area contributed by atoms with Crippen molar-refractivity contribution in [2.75, 3.05) is 13.1 Å². The minimum atomic E-state index is -4.59. The van der Waals surface area contributed by atoms with Gasteiger partial charge in [0.05, 0.1) is 28.8 Å². The summed E-state index contributed by atoms with van der Waals surface area (Å²) in [5, 5.41) is 1.32. The number of fused-ring (bicyclic) bond motifs is 1. The van der Waals surface area contributed by atoms with Gasteiger partial charge in [0.1, 0.15) is 17.5 Å². The molecule has 1 unspecified atom stereocenters. The van der Waals surface area contributed by atoms with E-state index < -0.39 is 34.4 Å². The Labute approximate surface area is 176 Å². The van der Waals surface area contributed by atoms with Crippen LogP contribution in [0.2, 0.25) is 5.02 Å². The highest BCUT2D eigenvalue weighted by Crippen LogP contribution is 2.38. The van der Waals surface area contributed by atoms with Gasteiger partial charge in [-0.15, -0.1) is 11.3 Å². The smallest absolute Gasteiger partial charge is 0.338 e. The van der Waals surface area contributed by atoms with Crippen molar-refractivity contribution in [3.8, 4) is 11.1 Å². The minimum Gasteiger partial charge on any atom is -0.338 e. The molecule has 5 nitrogen and oxygen atoms in total. The molecule has 0 saturated carbocycles. The second kappa shape index (κ2) is 7.66. The first kappa shape index (κ1) is 20.8. The first-order valence-electron chi connectivity index (χ1n) is 8.90. The molecule has 0 spiro atoms. The number of thiophene rings is 1. The van der Waals surface area contributed by atoms with Gasteiger partial charge in [0.25, 0.3) is 5.56 Å². The Hall–Kier alpha value is -2.46. The number of hydrogen-bond donors (Lipinski definition) is 0. The number of carbonyl (C=O) groups is 1. The molecule has 1 amide bonds. The lowest BCUT2D eigenvalue weighted by atomic mass is 10.0. The van der Waals surface area contributed by atoms with Crippen LogP contribution in [0.15, 0.2) is 34.7 Å². The van der Waals surface area contributed by atoms with Gasteiger partial charge in [0.15, 0.2) is 0 Å². The van der Waals surface area contributed by atoms with Gasteiger partial charge in [-0.05, 0) is 24.1 Å². The number of rotatable bonds is 3. The van der Waals surface area contributed by atoms with Crippen LogP contribution >= 0.6 is 22.9 Å². The monoisotopic (exact) mass is 459 g/mol. The van der Waals surface area contributed by atoms with Crippen molar-refractivity contribution in [3.05, 3.63) is 50.8 Å². The van der Waals surface area contributed by atoms with Crippen molar-refractivity contribution in [1.29, 1.82) is 0 Å². The van der Waals surface area contributed by atoms with E-state index >= 15 is 0 Å². The first-order chi connectivity index (χ1) is 14.1. The number of nitrogens with zero attached hydrogens (tertiary/aromatic N) is 3. The molecule has 0 aliphatic carbocycles. The van der Waals surface area contributed by atoms with Crippen molar-refractivity contribution < 1.29 is 22.4 Å². The van der Waals surface area contributed by atoms with Crippen LogP contribution in [0.3, 0.4) is 0 Å². The molecule has 1 saturated heterocycles. The van der Waals surface area contributed by atoms with E-state index in [1.54, 1.807) is 5.38 Å². The lowest BCUT2D eigenvalue weighted by Gasteiger charge is -2.15. The summed E-state index contributed by atoms with van der Waals surface area (Å²) in [6.45, 7) is -0.00721. The average molecular weight is 460 g/mol. The Morgan fingerprint density at radius 1 is 1.33 bits per heavy atom. The molecule has 1 atom stereocenters. The maximum absolute atomic E-state index is 13.3. The number of carbonyl (C=O) groups excluding carboxylic acids is 1. The van der Waals surface area contributed by atoms with Crippen LogP contribution in [0, 0.1) is 0 Å². The molecule has 1 fully saturated rings. The summed E-state index contributed by atoms with van der Waals surface area (Å²) in [5.74, 6) is -0.396. The van der Waals surface area contributed by atoms with E-state index in [1.807, 2.05) is 0 Å². The third-order valence-electron chi connectivity index (χ3n) is 4.94. The van der Waals surface area contributed by atoms with E-state index in [0.717, 1.165) is 28.0 Å². The quantitative estimate of drug-likeness (QED) is 0.547. The average Bonchev–Trinajstić information content (AvgIpc) is 3.29. The van der Waals surface area contributed by atoms with E-state index in [0.29, 0.717) is 16.0 Å². The second-order valence-corrected chi connectivity index (χ2v) is 8.19. The number of benzene rings is 1. The molecule has 4 rings (SSSR count). The van der Waals surface area contributed by atoms with Crippen molar-refractivity contribution >= 4 is 39.1 Å². The topological polar surface area (TPSA) is 55.2 Å². The standard InChI is InChI=1S/C19H14ClF4N3O2S/c20-14-5-10(1-2-13(14)19(22,23)24)12-8-30-17-16(12)18(29)27(9-25-17)7-15(28)26-4-3-11(21)6-26/h1-2,5,8-9,11H,3-4,6-7H2. The molecule has 0 bridgehead atoms. The molecule has 1 aliphatic heterocycles. The number of aromatic nitrogens is 2. The van der Waals surface area contributed by atoms with Gasteiger partial charge < -0.3 is 4.90 Å². The molecule has 1 aromatic carbocycles. The zero-order chi connectivity index (χ0) is 21.6. The van der Waals surface area contributed by atoms with Crippen molar-refractivity contribution in [2.45, 2.75) is 25.3 Å². The summed E-state index contributed by atoms with van der Waals surface area (Å²) in [7, 11) is 0. The van der Waals surface area contributed by atoms with E-state index in [9.17, 15) is 27.2 Å². The Morgan fingerprint density at radius 2 is 2.10 bits per heavy atom. The van der Waals surface area contributed by atoms with E-state index in [1.165, 1.54) is 17.3 Å². The molecule has 3 aromatic rings. The van der Waals surface area contributed by atoms with Crippen LogP contribution < -0.4 is 5.56 Å². The van der Waals surface area contributed by atoms with Crippen LogP contribution in [0.4, 0.5) is 17.6 Å². The van der Waals surface area contributed by atoms with Gasteiger partial charge in [0, 0.05) is 17.5 Å². The van der Waals surface area contributed by atoms with Crippen LogP contribution in [-0.4, -0.2) is 39.6 Å². The number of halogens is 5. The van der Waals surface area contributed by atoms with Crippen LogP contribution in [0.1, 0.15) is 12.0 Å². The minimum absolute atomic E-state index is 0.00297. The summed E-state index contributed by atoms with van der Waals surface area (Å²) in [4.78, 5) is 31.3. The van der Waals surface area contributed by atoms with Crippen molar-refractivity contribution in [1.82, 2.24) is 14.5 Å². The van der Waals surface area contributed by atoms with Crippen LogP contribution in [0.5, 0.6) is 0 Å². The third-order valence-corrected chi connectivity index (χ3v) is 6.13. The Balaban J connectivity index is 1.71. The largest absolute Gasteiger partial charge is 0.417 e. The lowest BCUT2D eigenvalue weighted by molar-refractivity contribution is -0.137. The SMILES string of the molecule is O=C(Cn1cnc2scc(-c3ccc(C(F)(F)F)c(Cl)c3)c2c1=O)N1CCC(F)C1. The summed E-state index contributed by atoms with van der Waals surface area (Å²) >= 11 is 6.97. The Bertz CT molecular complexity index is 1190. The highest BCUT2D eigenvalue weighted by atomic mass is 35.5. The van der Waals surface area contributed by atoms with E-state index in [-0.39, 0.29) is 31.4 Å². The first-order valence-corrected chi connectivity index (χ1v) is 10.2. The molecule has 2 aromatic heterocycles. The fourth-order valence-electron chi connectivity index (χ4n) is 3.40.